The molecule has 0 unspecified atom stereocenters. The van der Waals surface area contributed by atoms with E-state index in [0.717, 1.165) is 0 Å². The van der Waals surface area contributed by atoms with Crippen LogP contribution < -0.4 is 5.32 Å². The lowest BCUT2D eigenvalue weighted by atomic mass is 10.3. The number of aromatic nitrogens is 1. The van der Waals surface area contributed by atoms with E-state index in [1.807, 2.05) is 6.07 Å². The lowest BCUT2D eigenvalue weighted by Gasteiger charge is -2.03. The molecule has 0 amide bonds. The Kier molecular flexibility index (Phi) is 4.26. The summed E-state index contributed by atoms with van der Waals surface area (Å²) < 4.78 is 26.5. The lowest BCUT2D eigenvalue weighted by Crippen LogP contribution is -2.17. The molecule has 0 aliphatic heterocycles. The summed E-state index contributed by atoms with van der Waals surface area (Å²) in [6.45, 7) is 3.68. The first kappa shape index (κ1) is 12.9. The number of hydrogen-bond acceptors (Lipinski definition) is 6. The molecule has 1 aromatic rings. The van der Waals surface area contributed by atoms with Crippen molar-refractivity contribution in [2.24, 2.45) is 0 Å². The van der Waals surface area contributed by atoms with E-state index in [1.54, 1.807) is 13.8 Å². The van der Waals surface area contributed by atoms with E-state index in [2.05, 4.69) is 9.69 Å². The van der Waals surface area contributed by atoms with Gasteiger partial charge in [0.25, 0.3) is 0 Å². The summed E-state index contributed by atoms with van der Waals surface area (Å²) in [5, 5.41) is 12.4. The number of rotatable bonds is 5. The third-order valence-electron chi connectivity index (χ3n) is 2.11. The zero-order chi connectivity index (χ0) is 12.2. The van der Waals surface area contributed by atoms with Crippen LogP contribution in [0.25, 0.3) is 0 Å². The number of nitrogens with zero attached hydrogens (tertiary/aromatic N) is 2. The fourth-order valence-electron chi connectivity index (χ4n) is 1.09. The number of sulfone groups is 1. The number of aryl methyl sites for hydroxylation is 1. The molecule has 0 aliphatic rings. The third-order valence-corrected chi connectivity index (χ3v) is 4.71. The molecule has 0 aliphatic carbocycles. The molecule has 0 bridgehead atoms. The topological polar surface area (TPSA) is 82.8 Å². The van der Waals surface area contributed by atoms with Gasteiger partial charge in [-0.2, -0.15) is 9.64 Å². The van der Waals surface area contributed by atoms with Crippen LogP contribution in [0, 0.1) is 18.3 Å². The van der Waals surface area contributed by atoms with Crippen molar-refractivity contribution in [1.82, 2.24) is 4.37 Å². The van der Waals surface area contributed by atoms with Crippen molar-refractivity contribution in [3.8, 4) is 6.07 Å². The van der Waals surface area contributed by atoms with Crippen LogP contribution in [0.15, 0.2) is 0 Å². The van der Waals surface area contributed by atoms with E-state index in [4.69, 9.17) is 5.26 Å². The summed E-state index contributed by atoms with van der Waals surface area (Å²) >= 11 is 1.18. The van der Waals surface area contributed by atoms with E-state index in [1.165, 1.54) is 11.5 Å². The van der Waals surface area contributed by atoms with E-state index in [-0.39, 0.29) is 11.5 Å². The average molecular weight is 259 g/mol. The van der Waals surface area contributed by atoms with Gasteiger partial charge in [-0.25, -0.2) is 8.42 Å². The molecule has 0 spiro atoms. The van der Waals surface area contributed by atoms with Crippen molar-refractivity contribution in [2.75, 3.05) is 23.4 Å². The Balaban J connectivity index is 2.60. The maximum absolute atomic E-state index is 11.2. The first-order valence-corrected chi connectivity index (χ1v) is 7.40. The molecule has 16 heavy (non-hydrogen) atoms. The highest BCUT2D eigenvalue weighted by Gasteiger charge is 2.11. The van der Waals surface area contributed by atoms with Gasteiger partial charge in [0.05, 0.1) is 11.4 Å². The van der Waals surface area contributed by atoms with Crippen molar-refractivity contribution in [2.45, 2.75) is 13.8 Å². The Morgan fingerprint density at radius 3 is 2.81 bits per heavy atom. The molecule has 0 fully saturated rings. The average Bonchev–Trinajstić information content (AvgIpc) is 2.59. The third kappa shape index (κ3) is 3.18. The predicted molar refractivity (Wildman–Crippen MR) is 64.4 cm³/mol. The molecule has 1 heterocycles. The molecule has 0 aromatic carbocycles. The Bertz CT molecular complexity index is 499. The van der Waals surface area contributed by atoms with Crippen LogP contribution in [-0.4, -0.2) is 30.8 Å². The minimum absolute atomic E-state index is 0.0747. The van der Waals surface area contributed by atoms with Gasteiger partial charge in [-0.15, -0.1) is 0 Å². The molecule has 88 valence electrons. The Morgan fingerprint density at radius 2 is 2.25 bits per heavy atom. The van der Waals surface area contributed by atoms with Gasteiger partial charge in [0.2, 0.25) is 0 Å². The highest BCUT2D eigenvalue weighted by atomic mass is 32.2. The first-order valence-electron chi connectivity index (χ1n) is 4.81. The van der Waals surface area contributed by atoms with Crippen LogP contribution in [0.4, 0.5) is 5.00 Å². The van der Waals surface area contributed by atoms with Crippen LogP contribution in [-0.2, 0) is 9.84 Å². The molecule has 7 heteroatoms. The summed E-state index contributed by atoms with van der Waals surface area (Å²) in [6.07, 6.45) is 0. The maximum Gasteiger partial charge on any atom is 0.151 e. The van der Waals surface area contributed by atoms with Crippen molar-refractivity contribution in [3.05, 3.63) is 11.3 Å². The standard InChI is InChI=1S/C9H13N3O2S2/c1-3-16(13,14)5-4-11-9-8(6-10)7(2)12-15-9/h11H,3-5H2,1-2H3. The van der Waals surface area contributed by atoms with Crippen LogP contribution >= 0.6 is 11.5 Å². The van der Waals surface area contributed by atoms with E-state index < -0.39 is 9.84 Å². The van der Waals surface area contributed by atoms with Gasteiger partial charge in [0.15, 0.2) is 9.84 Å². The molecule has 0 saturated heterocycles. The second-order valence-corrected chi connectivity index (χ2v) is 6.49. The van der Waals surface area contributed by atoms with Gasteiger partial charge in [-0.05, 0) is 18.5 Å². The smallest absolute Gasteiger partial charge is 0.151 e. The monoisotopic (exact) mass is 259 g/mol. The van der Waals surface area contributed by atoms with Crippen LogP contribution in [0.3, 0.4) is 0 Å². The van der Waals surface area contributed by atoms with Gasteiger partial charge in [0, 0.05) is 12.3 Å². The van der Waals surface area contributed by atoms with Crippen LogP contribution in [0.2, 0.25) is 0 Å². The molecule has 5 nitrogen and oxygen atoms in total. The number of nitriles is 1. The fraction of sp³-hybridized carbons (Fsp3) is 0.556. The Hall–Kier alpha value is -1.13. The maximum atomic E-state index is 11.2. The van der Waals surface area contributed by atoms with E-state index >= 15 is 0 Å². The van der Waals surface area contributed by atoms with Crippen molar-refractivity contribution < 1.29 is 8.42 Å². The Labute approximate surface area is 99.2 Å². The quantitative estimate of drug-likeness (QED) is 0.858. The van der Waals surface area contributed by atoms with E-state index in [0.29, 0.717) is 22.8 Å². The van der Waals surface area contributed by atoms with Crippen LogP contribution in [0.1, 0.15) is 18.2 Å². The zero-order valence-electron chi connectivity index (χ0n) is 9.15. The zero-order valence-corrected chi connectivity index (χ0v) is 10.8. The summed E-state index contributed by atoms with van der Waals surface area (Å²) in [5.74, 6) is 0.215. The van der Waals surface area contributed by atoms with Gasteiger partial charge >= 0.3 is 0 Å². The lowest BCUT2D eigenvalue weighted by molar-refractivity contribution is 0.597. The summed E-state index contributed by atoms with van der Waals surface area (Å²) in [4.78, 5) is 0. The second kappa shape index (κ2) is 5.27. The van der Waals surface area contributed by atoms with E-state index in [9.17, 15) is 8.42 Å². The summed E-state index contributed by atoms with van der Waals surface area (Å²) in [7, 11) is -2.96. The van der Waals surface area contributed by atoms with Crippen LogP contribution in [0.5, 0.6) is 0 Å². The number of nitrogens with one attached hydrogen (secondary N) is 1. The van der Waals surface area contributed by atoms with Gasteiger partial charge in [0.1, 0.15) is 16.6 Å². The highest BCUT2D eigenvalue weighted by Crippen LogP contribution is 2.22. The molecule has 1 aromatic heterocycles. The molecule has 0 saturated carbocycles. The van der Waals surface area contributed by atoms with Gasteiger partial charge < -0.3 is 5.32 Å². The minimum atomic E-state index is -2.96. The molecular weight excluding hydrogens is 246 g/mol. The predicted octanol–water partition coefficient (Wildman–Crippen LogP) is 1.17. The minimum Gasteiger partial charge on any atom is -0.374 e. The molecular formula is C9H13N3O2S2. The van der Waals surface area contributed by atoms with Gasteiger partial charge in [-0.3, -0.25) is 0 Å². The van der Waals surface area contributed by atoms with Crippen molar-refractivity contribution >= 4 is 26.4 Å². The SMILES string of the molecule is CCS(=O)(=O)CCNc1snc(C)c1C#N. The van der Waals surface area contributed by atoms with Crippen molar-refractivity contribution in [3.63, 3.8) is 0 Å². The summed E-state index contributed by atoms with van der Waals surface area (Å²) in [5.41, 5.74) is 1.17. The normalized spacial score (nSPS) is 11.1. The highest BCUT2D eigenvalue weighted by molar-refractivity contribution is 7.91. The molecule has 1 N–H and O–H groups in total. The second-order valence-electron chi connectivity index (χ2n) is 3.25. The largest absolute Gasteiger partial charge is 0.374 e. The fourth-order valence-corrected chi connectivity index (χ4v) is 2.56. The molecule has 1 rings (SSSR count). The number of anilines is 1. The summed E-state index contributed by atoms with van der Waals surface area (Å²) in [6, 6.07) is 2.04. The van der Waals surface area contributed by atoms with Gasteiger partial charge in [-0.1, -0.05) is 6.92 Å². The number of hydrogen-bond donors (Lipinski definition) is 1. The van der Waals surface area contributed by atoms with Crippen molar-refractivity contribution in [1.29, 1.82) is 5.26 Å². The molecule has 0 atom stereocenters. The first-order chi connectivity index (χ1) is 7.50. The Morgan fingerprint density at radius 1 is 1.56 bits per heavy atom. The molecule has 0 radical (unpaired) electrons.